The maximum Gasteiger partial charge on any atom is 0.245 e. The summed E-state index contributed by atoms with van der Waals surface area (Å²) in [5.74, 6) is -0.0497. The summed E-state index contributed by atoms with van der Waals surface area (Å²) in [7, 11) is 0. The Hall–Kier alpha value is -1.32. The van der Waals surface area contributed by atoms with Crippen LogP contribution in [0.3, 0.4) is 0 Å². The summed E-state index contributed by atoms with van der Waals surface area (Å²) < 4.78 is 0. The molecule has 0 aromatic carbocycles. The molecule has 1 saturated heterocycles. The topological polar surface area (TPSA) is 49.4 Å². The number of carbonyl (C=O) groups excluding carboxylic acids is 2. The van der Waals surface area contributed by atoms with Gasteiger partial charge >= 0.3 is 0 Å². The molecule has 0 aliphatic carbocycles. The number of hydrogen-bond donors (Lipinski definition) is 1. The number of carbonyl (C=O) groups is 2. The van der Waals surface area contributed by atoms with Crippen molar-refractivity contribution < 1.29 is 9.59 Å². The Balaban J connectivity index is 2.92. The highest BCUT2D eigenvalue weighted by molar-refractivity contribution is 5.96. The van der Waals surface area contributed by atoms with Gasteiger partial charge in [-0.1, -0.05) is 13.0 Å². The molecule has 4 nitrogen and oxygen atoms in total. The van der Waals surface area contributed by atoms with E-state index in [0.29, 0.717) is 12.8 Å². The SMILES string of the molecule is C=CCC(C)N1C(=O)C(C)NC(=O)C1CC. The van der Waals surface area contributed by atoms with Gasteiger partial charge in [0.15, 0.2) is 0 Å². The summed E-state index contributed by atoms with van der Waals surface area (Å²) in [6, 6.07) is -0.718. The van der Waals surface area contributed by atoms with Crippen molar-refractivity contribution in [2.75, 3.05) is 0 Å². The molecule has 0 bridgehead atoms. The quantitative estimate of drug-likeness (QED) is 0.726. The molecule has 0 spiro atoms. The van der Waals surface area contributed by atoms with Crippen molar-refractivity contribution in [3.8, 4) is 0 Å². The monoisotopic (exact) mass is 224 g/mol. The Kier molecular flexibility index (Phi) is 4.10. The molecule has 1 rings (SSSR count). The van der Waals surface area contributed by atoms with Gasteiger partial charge in [0.25, 0.3) is 0 Å². The number of amides is 2. The average Bonchev–Trinajstić information content (AvgIpc) is 2.23. The minimum Gasteiger partial charge on any atom is -0.343 e. The van der Waals surface area contributed by atoms with E-state index in [0.717, 1.165) is 0 Å². The zero-order valence-corrected chi connectivity index (χ0v) is 10.2. The molecule has 0 radical (unpaired) electrons. The van der Waals surface area contributed by atoms with Crippen molar-refractivity contribution in [1.82, 2.24) is 10.2 Å². The van der Waals surface area contributed by atoms with E-state index in [-0.39, 0.29) is 23.9 Å². The predicted octanol–water partition coefficient (Wildman–Crippen LogP) is 1.08. The van der Waals surface area contributed by atoms with Gasteiger partial charge < -0.3 is 10.2 Å². The molecular weight excluding hydrogens is 204 g/mol. The lowest BCUT2D eigenvalue weighted by atomic mass is 10.0. The Morgan fingerprint density at radius 3 is 2.69 bits per heavy atom. The third-order valence-corrected chi connectivity index (χ3v) is 2.99. The molecule has 1 aliphatic rings. The second-order valence-corrected chi connectivity index (χ2v) is 4.27. The van der Waals surface area contributed by atoms with Crippen LogP contribution in [0.25, 0.3) is 0 Å². The molecule has 3 atom stereocenters. The van der Waals surface area contributed by atoms with Gasteiger partial charge in [-0.25, -0.2) is 0 Å². The van der Waals surface area contributed by atoms with Crippen LogP contribution in [0.2, 0.25) is 0 Å². The second kappa shape index (κ2) is 5.14. The standard InChI is InChI=1S/C12H20N2O2/c1-5-7-8(3)14-10(6-2)11(15)13-9(4)12(14)16/h5,8-10H,1,6-7H2,2-4H3,(H,13,15). The Labute approximate surface area is 96.7 Å². The van der Waals surface area contributed by atoms with Gasteiger partial charge in [-0.3, -0.25) is 9.59 Å². The zero-order chi connectivity index (χ0) is 12.3. The van der Waals surface area contributed by atoms with Crippen molar-refractivity contribution in [2.24, 2.45) is 0 Å². The first-order valence-electron chi connectivity index (χ1n) is 5.76. The van der Waals surface area contributed by atoms with E-state index in [1.807, 2.05) is 13.8 Å². The molecule has 90 valence electrons. The first kappa shape index (κ1) is 12.7. The summed E-state index contributed by atoms with van der Waals surface area (Å²) in [5, 5.41) is 2.70. The van der Waals surface area contributed by atoms with Gasteiger partial charge in [-0.2, -0.15) is 0 Å². The van der Waals surface area contributed by atoms with Gasteiger partial charge in [0.2, 0.25) is 11.8 Å². The summed E-state index contributed by atoms with van der Waals surface area (Å²) >= 11 is 0. The van der Waals surface area contributed by atoms with Crippen LogP contribution in [-0.2, 0) is 9.59 Å². The number of rotatable bonds is 4. The number of hydrogen-bond acceptors (Lipinski definition) is 2. The number of nitrogens with zero attached hydrogens (tertiary/aromatic N) is 1. The van der Waals surface area contributed by atoms with Gasteiger partial charge in [0.1, 0.15) is 12.1 Å². The molecule has 0 saturated carbocycles. The maximum atomic E-state index is 12.0. The summed E-state index contributed by atoms with van der Waals surface area (Å²) in [5.41, 5.74) is 0. The van der Waals surface area contributed by atoms with E-state index in [1.54, 1.807) is 17.9 Å². The van der Waals surface area contributed by atoms with E-state index < -0.39 is 6.04 Å². The predicted molar refractivity (Wildman–Crippen MR) is 62.8 cm³/mol. The van der Waals surface area contributed by atoms with E-state index in [9.17, 15) is 9.59 Å². The van der Waals surface area contributed by atoms with E-state index in [2.05, 4.69) is 11.9 Å². The van der Waals surface area contributed by atoms with E-state index >= 15 is 0 Å². The third kappa shape index (κ3) is 2.26. The maximum absolute atomic E-state index is 12.0. The molecule has 1 N–H and O–H groups in total. The van der Waals surface area contributed by atoms with Crippen molar-refractivity contribution in [3.63, 3.8) is 0 Å². The molecule has 1 aliphatic heterocycles. The van der Waals surface area contributed by atoms with Crippen molar-refractivity contribution in [1.29, 1.82) is 0 Å². The fourth-order valence-corrected chi connectivity index (χ4v) is 2.14. The number of nitrogens with one attached hydrogen (secondary N) is 1. The van der Waals surface area contributed by atoms with Crippen molar-refractivity contribution >= 4 is 11.8 Å². The van der Waals surface area contributed by atoms with Crippen LogP contribution < -0.4 is 5.32 Å². The molecule has 0 aromatic heterocycles. The van der Waals surface area contributed by atoms with Crippen LogP contribution in [0.5, 0.6) is 0 Å². The summed E-state index contributed by atoms with van der Waals surface area (Å²) in [4.78, 5) is 25.5. The normalized spacial score (nSPS) is 27.6. The Bertz CT molecular complexity index is 301. The van der Waals surface area contributed by atoms with Crippen LogP contribution in [0.4, 0.5) is 0 Å². The van der Waals surface area contributed by atoms with Crippen LogP contribution in [-0.4, -0.2) is 34.8 Å². The minimum atomic E-state index is -0.414. The fourth-order valence-electron chi connectivity index (χ4n) is 2.14. The van der Waals surface area contributed by atoms with Gasteiger partial charge in [-0.05, 0) is 26.7 Å². The van der Waals surface area contributed by atoms with E-state index in [4.69, 9.17) is 0 Å². The first-order valence-corrected chi connectivity index (χ1v) is 5.76. The minimum absolute atomic E-state index is 0.000741. The molecule has 4 heteroatoms. The van der Waals surface area contributed by atoms with Crippen LogP contribution in [0, 0.1) is 0 Å². The Morgan fingerprint density at radius 1 is 1.56 bits per heavy atom. The molecule has 16 heavy (non-hydrogen) atoms. The van der Waals surface area contributed by atoms with Crippen LogP contribution >= 0.6 is 0 Å². The second-order valence-electron chi connectivity index (χ2n) is 4.27. The first-order chi connectivity index (χ1) is 7.52. The average molecular weight is 224 g/mol. The van der Waals surface area contributed by atoms with Gasteiger partial charge in [0, 0.05) is 6.04 Å². The Morgan fingerprint density at radius 2 is 2.19 bits per heavy atom. The molecule has 0 aromatic rings. The third-order valence-electron chi connectivity index (χ3n) is 2.99. The summed E-state index contributed by atoms with van der Waals surface area (Å²) in [6.07, 6.45) is 3.13. The molecular formula is C12H20N2O2. The molecule has 3 unspecified atom stereocenters. The zero-order valence-electron chi connectivity index (χ0n) is 10.2. The number of piperazine rings is 1. The van der Waals surface area contributed by atoms with Gasteiger partial charge in [-0.15, -0.1) is 6.58 Å². The van der Waals surface area contributed by atoms with Crippen molar-refractivity contribution in [3.05, 3.63) is 12.7 Å². The molecule has 1 fully saturated rings. The largest absolute Gasteiger partial charge is 0.343 e. The van der Waals surface area contributed by atoms with Crippen LogP contribution in [0.1, 0.15) is 33.6 Å². The lowest BCUT2D eigenvalue weighted by molar-refractivity contribution is -0.151. The van der Waals surface area contributed by atoms with Crippen LogP contribution in [0.15, 0.2) is 12.7 Å². The highest BCUT2D eigenvalue weighted by Gasteiger charge is 2.39. The molecule has 2 amide bonds. The van der Waals surface area contributed by atoms with Crippen molar-refractivity contribution in [2.45, 2.75) is 51.7 Å². The molecule has 1 heterocycles. The lowest BCUT2D eigenvalue weighted by Gasteiger charge is -2.41. The fraction of sp³-hybridized carbons (Fsp3) is 0.667. The highest BCUT2D eigenvalue weighted by Crippen LogP contribution is 2.18. The van der Waals surface area contributed by atoms with Gasteiger partial charge in [0.05, 0.1) is 0 Å². The summed E-state index contributed by atoms with van der Waals surface area (Å²) in [6.45, 7) is 9.26. The van der Waals surface area contributed by atoms with E-state index in [1.165, 1.54) is 0 Å². The highest BCUT2D eigenvalue weighted by atomic mass is 16.2. The lowest BCUT2D eigenvalue weighted by Crippen LogP contribution is -2.64. The smallest absolute Gasteiger partial charge is 0.245 e.